The Hall–Kier alpha value is -0.940. The van der Waals surface area contributed by atoms with E-state index in [4.69, 9.17) is 9.52 Å². The van der Waals surface area contributed by atoms with E-state index in [1.165, 1.54) is 0 Å². The van der Waals surface area contributed by atoms with Crippen LogP contribution in [0.4, 0.5) is 0 Å². The van der Waals surface area contributed by atoms with Crippen LogP contribution in [-0.2, 0) is 12.0 Å². The molecule has 5 nitrogen and oxygen atoms in total. The third-order valence-electron chi connectivity index (χ3n) is 2.78. The van der Waals surface area contributed by atoms with Crippen molar-refractivity contribution in [3.8, 4) is 0 Å². The van der Waals surface area contributed by atoms with Gasteiger partial charge in [0.2, 0.25) is 11.8 Å². The molecule has 0 spiro atoms. The Morgan fingerprint density at radius 2 is 1.94 bits per heavy atom. The number of aliphatic hydroxyl groups excluding tert-OH is 1. The normalized spacial score (nSPS) is 12.7. The van der Waals surface area contributed by atoms with E-state index in [9.17, 15) is 0 Å². The van der Waals surface area contributed by atoms with Gasteiger partial charge in [0.15, 0.2) is 0 Å². The van der Waals surface area contributed by atoms with Crippen molar-refractivity contribution < 1.29 is 9.52 Å². The van der Waals surface area contributed by atoms with Crippen LogP contribution < -0.4 is 0 Å². The summed E-state index contributed by atoms with van der Waals surface area (Å²) in [6, 6.07) is 0.390. The molecule has 1 rings (SSSR count). The predicted molar refractivity (Wildman–Crippen MR) is 70.2 cm³/mol. The van der Waals surface area contributed by atoms with Gasteiger partial charge in [-0.2, -0.15) is 0 Å². The van der Waals surface area contributed by atoms with E-state index in [0.717, 1.165) is 13.0 Å². The van der Waals surface area contributed by atoms with Crippen LogP contribution in [-0.4, -0.2) is 39.4 Å². The molecule has 0 radical (unpaired) electrons. The molecule has 0 unspecified atom stereocenters. The number of hydrogen-bond donors (Lipinski definition) is 1. The summed E-state index contributed by atoms with van der Waals surface area (Å²) in [4.78, 5) is 2.22. The van der Waals surface area contributed by atoms with Gasteiger partial charge in [-0.25, -0.2) is 0 Å². The molecule has 1 aromatic rings. The molecule has 0 saturated heterocycles. The Kier molecular flexibility index (Phi) is 5.28. The Labute approximate surface area is 109 Å². The molecule has 0 bridgehead atoms. The van der Waals surface area contributed by atoms with Crippen LogP contribution in [0.2, 0.25) is 0 Å². The molecule has 0 atom stereocenters. The lowest BCUT2D eigenvalue weighted by Crippen LogP contribution is -2.31. The molecule has 0 amide bonds. The van der Waals surface area contributed by atoms with Crippen molar-refractivity contribution in [1.82, 2.24) is 15.1 Å². The Morgan fingerprint density at radius 3 is 2.39 bits per heavy atom. The highest BCUT2D eigenvalue weighted by Crippen LogP contribution is 2.21. The Bertz CT molecular complexity index is 355. The topological polar surface area (TPSA) is 62.4 Å². The highest BCUT2D eigenvalue weighted by Gasteiger charge is 2.22. The van der Waals surface area contributed by atoms with Gasteiger partial charge >= 0.3 is 0 Å². The number of aliphatic hydroxyl groups is 1. The molecule has 1 N–H and O–H groups in total. The second-order valence-corrected chi connectivity index (χ2v) is 5.89. The number of hydrogen-bond acceptors (Lipinski definition) is 5. The van der Waals surface area contributed by atoms with Crippen LogP contribution in [0.15, 0.2) is 4.42 Å². The number of rotatable bonds is 6. The van der Waals surface area contributed by atoms with Gasteiger partial charge < -0.3 is 9.52 Å². The zero-order chi connectivity index (χ0) is 13.8. The van der Waals surface area contributed by atoms with Crippen molar-refractivity contribution in [2.75, 3.05) is 13.2 Å². The lowest BCUT2D eigenvalue weighted by Gasteiger charge is -2.24. The molecule has 104 valence electrons. The largest absolute Gasteiger partial charge is 0.423 e. The van der Waals surface area contributed by atoms with E-state index < -0.39 is 0 Å². The van der Waals surface area contributed by atoms with Crippen LogP contribution in [0, 0.1) is 0 Å². The summed E-state index contributed by atoms with van der Waals surface area (Å²) in [7, 11) is 0. The maximum atomic E-state index is 8.90. The molecular formula is C13H25N3O2. The minimum absolute atomic E-state index is 0.112. The smallest absolute Gasteiger partial charge is 0.230 e. The average Bonchev–Trinajstić information content (AvgIpc) is 2.71. The fourth-order valence-corrected chi connectivity index (χ4v) is 1.59. The van der Waals surface area contributed by atoms with E-state index in [1.807, 2.05) is 0 Å². The fourth-order valence-electron chi connectivity index (χ4n) is 1.59. The first-order chi connectivity index (χ1) is 8.34. The van der Waals surface area contributed by atoms with Gasteiger partial charge in [-0.1, -0.05) is 20.8 Å². The average molecular weight is 255 g/mol. The van der Waals surface area contributed by atoms with Crippen molar-refractivity contribution in [2.45, 2.75) is 59.0 Å². The monoisotopic (exact) mass is 255 g/mol. The first-order valence-electron chi connectivity index (χ1n) is 6.52. The third-order valence-corrected chi connectivity index (χ3v) is 2.78. The molecule has 18 heavy (non-hydrogen) atoms. The lowest BCUT2D eigenvalue weighted by atomic mass is 9.97. The molecule has 1 heterocycles. The molecule has 5 heteroatoms. The summed E-state index contributed by atoms with van der Waals surface area (Å²) >= 11 is 0. The first kappa shape index (κ1) is 15.1. The van der Waals surface area contributed by atoms with Crippen LogP contribution in [0.1, 0.15) is 52.8 Å². The minimum atomic E-state index is -0.112. The summed E-state index contributed by atoms with van der Waals surface area (Å²) < 4.78 is 5.68. The molecule has 0 aromatic carbocycles. The second-order valence-electron chi connectivity index (χ2n) is 5.89. The van der Waals surface area contributed by atoms with E-state index >= 15 is 0 Å². The molecule has 0 saturated carbocycles. The quantitative estimate of drug-likeness (QED) is 0.842. The van der Waals surface area contributed by atoms with Crippen LogP contribution >= 0.6 is 0 Å². The number of aromatic nitrogens is 2. The van der Waals surface area contributed by atoms with Gasteiger partial charge in [-0.05, 0) is 20.3 Å². The summed E-state index contributed by atoms with van der Waals surface area (Å²) in [6.45, 7) is 12.1. The molecule has 0 aliphatic carbocycles. The molecule has 0 fully saturated rings. The number of nitrogens with zero attached hydrogens (tertiary/aromatic N) is 3. The highest BCUT2D eigenvalue weighted by molar-refractivity contribution is 4.96. The summed E-state index contributed by atoms with van der Waals surface area (Å²) in [5.41, 5.74) is -0.112. The van der Waals surface area contributed by atoms with E-state index in [2.05, 4.69) is 49.7 Å². The second kappa shape index (κ2) is 6.29. The Morgan fingerprint density at radius 1 is 1.28 bits per heavy atom. The maximum absolute atomic E-state index is 8.90. The van der Waals surface area contributed by atoms with Gasteiger partial charge in [0.05, 0.1) is 6.54 Å². The van der Waals surface area contributed by atoms with E-state index in [0.29, 0.717) is 24.4 Å². The van der Waals surface area contributed by atoms with Crippen molar-refractivity contribution >= 4 is 0 Å². The molecule has 1 aromatic heterocycles. The fraction of sp³-hybridized carbons (Fsp3) is 0.846. The van der Waals surface area contributed by atoms with Crippen molar-refractivity contribution in [3.05, 3.63) is 11.8 Å². The molecular weight excluding hydrogens is 230 g/mol. The molecule has 0 aliphatic rings. The summed E-state index contributed by atoms with van der Waals surface area (Å²) in [5, 5.41) is 17.1. The van der Waals surface area contributed by atoms with E-state index in [1.54, 1.807) is 0 Å². The van der Waals surface area contributed by atoms with Crippen molar-refractivity contribution in [3.63, 3.8) is 0 Å². The van der Waals surface area contributed by atoms with Gasteiger partial charge in [-0.15, -0.1) is 10.2 Å². The third kappa shape index (κ3) is 4.38. The van der Waals surface area contributed by atoms with Gasteiger partial charge in [0.1, 0.15) is 0 Å². The Balaban J connectivity index is 2.66. The standard InChI is InChI=1S/C13H25N3O2/c1-10(2)16(7-6-8-17)9-11-14-15-12(18-11)13(3,4)5/h10,17H,6-9H2,1-5H3. The highest BCUT2D eigenvalue weighted by atomic mass is 16.4. The first-order valence-corrected chi connectivity index (χ1v) is 6.52. The molecule has 0 aliphatic heterocycles. The lowest BCUT2D eigenvalue weighted by molar-refractivity contribution is 0.168. The van der Waals surface area contributed by atoms with Crippen molar-refractivity contribution in [1.29, 1.82) is 0 Å². The predicted octanol–water partition coefficient (Wildman–Crippen LogP) is 1.96. The summed E-state index contributed by atoms with van der Waals surface area (Å²) in [5.74, 6) is 1.31. The van der Waals surface area contributed by atoms with Gasteiger partial charge in [0.25, 0.3) is 0 Å². The van der Waals surface area contributed by atoms with Crippen LogP contribution in [0.3, 0.4) is 0 Å². The zero-order valence-corrected chi connectivity index (χ0v) is 12.1. The van der Waals surface area contributed by atoms with Crippen molar-refractivity contribution in [2.24, 2.45) is 0 Å². The summed E-state index contributed by atoms with van der Waals surface area (Å²) in [6.07, 6.45) is 0.762. The zero-order valence-electron chi connectivity index (χ0n) is 12.1. The maximum Gasteiger partial charge on any atom is 0.230 e. The van der Waals surface area contributed by atoms with E-state index in [-0.39, 0.29) is 12.0 Å². The van der Waals surface area contributed by atoms with Gasteiger partial charge in [-0.3, -0.25) is 4.90 Å². The minimum Gasteiger partial charge on any atom is -0.423 e. The van der Waals surface area contributed by atoms with Crippen LogP contribution in [0.5, 0.6) is 0 Å². The SMILES string of the molecule is CC(C)N(CCCO)Cc1nnc(C(C)(C)C)o1. The van der Waals surface area contributed by atoms with Crippen LogP contribution in [0.25, 0.3) is 0 Å². The van der Waals surface area contributed by atoms with Gasteiger partial charge in [0, 0.05) is 24.6 Å².